The van der Waals surface area contributed by atoms with Crippen molar-refractivity contribution in [1.29, 1.82) is 0 Å². The third-order valence-electron chi connectivity index (χ3n) is 3.16. The number of benzene rings is 1. The second-order valence-corrected chi connectivity index (χ2v) is 4.06. The number of aryl methyl sites for hydroxylation is 1. The van der Waals surface area contributed by atoms with Crippen LogP contribution in [-0.4, -0.2) is 18.8 Å². The van der Waals surface area contributed by atoms with Crippen molar-refractivity contribution in [3.05, 3.63) is 28.8 Å². The fourth-order valence-corrected chi connectivity index (χ4v) is 2.44. The lowest BCUT2D eigenvalue weighted by Crippen LogP contribution is -2.00. The van der Waals surface area contributed by atoms with Crippen molar-refractivity contribution >= 4 is 0 Å². The van der Waals surface area contributed by atoms with Gasteiger partial charge in [0.2, 0.25) is 0 Å². The Kier molecular flexibility index (Phi) is 3.27. The van der Waals surface area contributed by atoms with Crippen LogP contribution in [0.5, 0.6) is 5.75 Å². The van der Waals surface area contributed by atoms with Crippen LogP contribution < -0.4 is 4.74 Å². The van der Waals surface area contributed by atoms with Crippen LogP contribution in [0, 0.1) is 0 Å². The van der Waals surface area contributed by atoms with Gasteiger partial charge in [-0.3, -0.25) is 0 Å². The van der Waals surface area contributed by atoms with Gasteiger partial charge in [-0.1, -0.05) is 6.07 Å². The first kappa shape index (κ1) is 10.5. The molecular formula is C13H18O2. The van der Waals surface area contributed by atoms with Crippen LogP contribution in [0.1, 0.15) is 29.5 Å². The van der Waals surface area contributed by atoms with Crippen LogP contribution >= 0.6 is 0 Å². The molecule has 82 valence electrons. The first-order chi connectivity index (χ1) is 7.36. The van der Waals surface area contributed by atoms with Crippen LogP contribution in [0.4, 0.5) is 0 Å². The van der Waals surface area contributed by atoms with E-state index in [-0.39, 0.29) is 6.61 Å². The number of aliphatic hydroxyl groups is 1. The van der Waals surface area contributed by atoms with Gasteiger partial charge in [0, 0.05) is 6.61 Å². The average molecular weight is 206 g/mol. The Morgan fingerprint density at radius 3 is 2.93 bits per heavy atom. The summed E-state index contributed by atoms with van der Waals surface area (Å²) in [6.45, 7) is 0.257. The molecule has 0 heterocycles. The maximum Gasteiger partial charge on any atom is 0.122 e. The topological polar surface area (TPSA) is 29.5 Å². The van der Waals surface area contributed by atoms with Gasteiger partial charge >= 0.3 is 0 Å². The Morgan fingerprint density at radius 1 is 1.33 bits per heavy atom. The van der Waals surface area contributed by atoms with E-state index in [1.165, 1.54) is 36.0 Å². The number of fused-ring (bicyclic) bond motifs is 1. The monoisotopic (exact) mass is 206 g/mol. The first-order valence-electron chi connectivity index (χ1n) is 5.65. The Balaban J connectivity index is 2.34. The van der Waals surface area contributed by atoms with Crippen molar-refractivity contribution in [2.75, 3.05) is 13.7 Å². The number of ether oxygens (including phenoxy) is 1. The summed E-state index contributed by atoms with van der Waals surface area (Å²) in [6, 6.07) is 4.25. The largest absolute Gasteiger partial charge is 0.496 e. The SMILES string of the molecule is COc1ccc2c(c1CCCO)CCC2. The molecule has 0 saturated heterocycles. The van der Waals surface area contributed by atoms with Gasteiger partial charge in [0.05, 0.1) is 7.11 Å². The summed E-state index contributed by atoms with van der Waals surface area (Å²) >= 11 is 0. The van der Waals surface area contributed by atoms with E-state index in [9.17, 15) is 0 Å². The van der Waals surface area contributed by atoms with Crippen LogP contribution in [0.3, 0.4) is 0 Å². The molecule has 0 saturated carbocycles. The highest BCUT2D eigenvalue weighted by Crippen LogP contribution is 2.32. The lowest BCUT2D eigenvalue weighted by atomic mass is 9.98. The second-order valence-electron chi connectivity index (χ2n) is 4.06. The number of hydrogen-bond acceptors (Lipinski definition) is 2. The summed E-state index contributed by atoms with van der Waals surface area (Å²) in [5.74, 6) is 0.990. The Labute approximate surface area is 90.9 Å². The molecule has 0 aliphatic heterocycles. The van der Waals surface area contributed by atoms with E-state index in [1.807, 2.05) is 0 Å². The van der Waals surface area contributed by atoms with E-state index in [2.05, 4.69) is 12.1 Å². The Bertz CT molecular complexity index is 345. The molecule has 0 bridgehead atoms. The zero-order chi connectivity index (χ0) is 10.7. The van der Waals surface area contributed by atoms with E-state index < -0.39 is 0 Å². The lowest BCUT2D eigenvalue weighted by Gasteiger charge is -2.13. The molecule has 0 spiro atoms. The zero-order valence-corrected chi connectivity index (χ0v) is 9.25. The van der Waals surface area contributed by atoms with Crippen molar-refractivity contribution in [2.24, 2.45) is 0 Å². The predicted molar refractivity (Wildman–Crippen MR) is 60.4 cm³/mol. The smallest absolute Gasteiger partial charge is 0.122 e. The van der Waals surface area contributed by atoms with Crippen molar-refractivity contribution < 1.29 is 9.84 Å². The highest BCUT2D eigenvalue weighted by atomic mass is 16.5. The summed E-state index contributed by atoms with van der Waals surface area (Å²) in [7, 11) is 1.72. The average Bonchev–Trinajstić information content (AvgIpc) is 2.73. The summed E-state index contributed by atoms with van der Waals surface area (Å²) in [6.07, 6.45) is 5.39. The van der Waals surface area contributed by atoms with Crippen LogP contribution in [0.2, 0.25) is 0 Å². The predicted octanol–water partition coefficient (Wildman–Crippen LogP) is 2.11. The molecular weight excluding hydrogens is 188 g/mol. The molecule has 0 radical (unpaired) electrons. The lowest BCUT2D eigenvalue weighted by molar-refractivity contribution is 0.287. The number of methoxy groups -OCH3 is 1. The number of aliphatic hydroxyl groups excluding tert-OH is 1. The molecule has 15 heavy (non-hydrogen) atoms. The molecule has 2 heteroatoms. The standard InChI is InChI=1S/C13H18O2/c1-15-13-8-7-10-4-2-5-11(10)12(13)6-3-9-14/h7-8,14H,2-6,9H2,1H3. The van der Waals surface area contributed by atoms with E-state index in [0.717, 1.165) is 18.6 Å². The van der Waals surface area contributed by atoms with E-state index in [4.69, 9.17) is 9.84 Å². The van der Waals surface area contributed by atoms with E-state index in [1.54, 1.807) is 7.11 Å². The molecule has 0 unspecified atom stereocenters. The number of hydrogen-bond donors (Lipinski definition) is 1. The third kappa shape index (κ3) is 2.00. The van der Waals surface area contributed by atoms with Gasteiger partial charge in [-0.2, -0.15) is 0 Å². The molecule has 1 aliphatic carbocycles. The zero-order valence-electron chi connectivity index (χ0n) is 9.25. The number of rotatable bonds is 4. The van der Waals surface area contributed by atoms with E-state index in [0.29, 0.717) is 0 Å². The van der Waals surface area contributed by atoms with Crippen LogP contribution in [-0.2, 0) is 19.3 Å². The minimum Gasteiger partial charge on any atom is -0.496 e. The molecule has 0 aromatic heterocycles. The molecule has 0 atom stereocenters. The molecule has 0 fully saturated rings. The van der Waals surface area contributed by atoms with Crippen molar-refractivity contribution in [1.82, 2.24) is 0 Å². The van der Waals surface area contributed by atoms with Gasteiger partial charge < -0.3 is 9.84 Å². The van der Waals surface area contributed by atoms with Crippen LogP contribution in [0.15, 0.2) is 12.1 Å². The van der Waals surface area contributed by atoms with Gasteiger partial charge in [0.1, 0.15) is 5.75 Å². The molecule has 2 nitrogen and oxygen atoms in total. The quantitative estimate of drug-likeness (QED) is 0.817. The van der Waals surface area contributed by atoms with Gasteiger partial charge in [-0.15, -0.1) is 0 Å². The summed E-state index contributed by atoms with van der Waals surface area (Å²) in [4.78, 5) is 0. The molecule has 1 aliphatic rings. The van der Waals surface area contributed by atoms with Gasteiger partial charge in [-0.25, -0.2) is 0 Å². The van der Waals surface area contributed by atoms with Crippen molar-refractivity contribution in [2.45, 2.75) is 32.1 Å². The van der Waals surface area contributed by atoms with Gasteiger partial charge in [-0.05, 0) is 54.9 Å². The minimum atomic E-state index is 0.257. The highest BCUT2D eigenvalue weighted by molar-refractivity contribution is 5.47. The van der Waals surface area contributed by atoms with Crippen LogP contribution in [0.25, 0.3) is 0 Å². The Hall–Kier alpha value is -1.02. The molecule has 0 amide bonds. The van der Waals surface area contributed by atoms with Crippen molar-refractivity contribution in [3.63, 3.8) is 0 Å². The van der Waals surface area contributed by atoms with Crippen molar-refractivity contribution in [3.8, 4) is 5.75 Å². The summed E-state index contributed by atoms with van der Waals surface area (Å²) in [5, 5.41) is 8.90. The van der Waals surface area contributed by atoms with E-state index >= 15 is 0 Å². The Morgan fingerprint density at radius 2 is 2.20 bits per heavy atom. The minimum absolute atomic E-state index is 0.257. The van der Waals surface area contributed by atoms with Gasteiger partial charge in [0.25, 0.3) is 0 Å². The molecule has 1 aromatic rings. The first-order valence-corrected chi connectivity index (χ1v) is 5.65. The highest BCUT2D eigenvalue weighted by Gasteiger charge is 2.17. The second kappa shape index (κ2) is 4.67. The molecule has 2 rings (SSSR count). The maximum absolute atomic E-state index is 8.90. The summed E-state index contributed by atoms with van der Waals surface area (Å²) < 4.78 is 5.39. The fourth-order valence-electron chi connectivity index (χ4n) is 2.44. The third-order valence-corrected chi connectivity index (χ3v) is 3.16. The van der Waals surface area contributed by atoms with Gasteiger partial charge in [0.15, 0.2) is 0 Å². The maximum atomic E-state index is 8.90. The summed E-state index contributed by atoms with van der Waals surface area (Å²) in [5.41, 5.74) is 4.27. The molecule has 1 aromatic carbocycles. The normalized spacial score (nSPS) is 14.0. The molecule has 1 N–H and O–H groups in total. The fraction of sp³-hybridized carbons (Fsp3) is 0.538.